The molecule has 0 atom stereocenters. The van der Waals surface area contributed by atoms with Gasteiger partial charge in [0.1, 0.15) is 12.4 Å². The van der Waals surface area contributed by atoms with Gasteiger partial charge in [0, 0.05) is 11.1 Å². The fourth-order valence-corrected chi connectivity index (χ4v) is 3.23. The summed E-state index contributed by atoms with van der Waals surface area (Å²) in [5.41, 5.74) is 2.90. The second kappa shape index (κ2) is 9.38. The minimum Gasteiger partial charge on any atom is -0.493 e. The van der Waals surface area contributed by atoms with Crippen LogP contribution in [0.25, 0.3) is 11.6 Å². The van der Waals surface area contributed by atoms with Crippen molar-refractivity contribution in [1.29, 1.82) is 0 Å². The van der Waals surface area contributed by atoms with Crippen LogP contribution < -0.4 is 14.2 Å². The maximum absolute atomic E-state index is 12.4. The van der Waals surface area contributed by atoms with Gasteiger partial charge in [0.15, 0.2) is 17.9 Å². The summed E-state index contributed by atoms with van der Waals surface area (Å²) >= 11 is 0. The summed E-state index contributed by atoms with van der Waals surface area (Å²) in [7, 11) is 1.60. The summed E-state index contributed by atoms with van der Waals surface area (Å²) in [6.45, 7) is 0.888. The molecule has 0 bridgehead atoms. The molecule has 1 aliphatic heterocycles. The van der Waals surface area contributed by atoms with E-state index in [4.69, 9.17) is 14.2 Å². The number of aliphatic imine (C=N–C) groups is 1. The van der Waals surface area contributed by atoms with Gasteiger partial charge in [-0.1, -0.05) is 24.3 Å². The van der Waals surface area contributed by atoms with E-state index >= 15 is 0 Å². The molecule has 0 radical (unpaired) electrons. The average molecular weight is 445 g/mol. The van der Waals surface area contributed by atoms with Crippen LogP contribution in [-0.2, 0) is 4.74 Å². The number of rotatable bonds is 8. The van der Waals surface area contributed by atoms with E-state index in [9.17, 15) is 13.2 Å². The first kappa shape index (κ1) is 21.8. The van der Waals surface area contributed by atoms with Crippen LogP contribution in [0.15, 0.2) is 59.2 Å². The predicted octanol–water partition coefficient (Wildman–Crippen LogP) is 5.87. The molecule has 8 heteroatoms. The number of allylic oxidation sites excluding steroid dienone is 1. The molecule has 1 fully saturated rings. The van der Waals surface area contributed by atoms with Gasteiger partial charge in [0.25, 0.3) is 0 Å². The van der Waals surface area contributed by atoms with Gasteiger partial charge in [-0.05, 0) is 54.7 Å². The van der Waals surface area contributed by atoms with Crippen molar-refractivity contribution >= 4 is 18.0 Å². The van der Waals surface area contributed by atoms with E-state index in [1.54, 1.807) is 19.2 Å². The van der Waals surface area contributed by atoms with Gasteiger partial charge in [0.2, 0.25) is 0 Å². The predicted molar refractivity (Wildman–Crippen MR) is 115 cm³/mol. The topological polar surface area (TPSA) is 49.3 Å². The van der Waals surface area contributed by atoms with E-state index in [-0.39, 0.29) is 12.4 Å². The van der Waals surface area contributed by atoms with Gasteiger partial charge < -0.3 is 18.9 Å². The number of benzene rings is 2. The summed E-state index contributed by atoms with van der Waals surface area (Å²) < 4.78 is 58.0. The van der Waals surface area contributed by atoms with Gasteiger partial charge in [-0.2, -0.15) is 0 Å². The van der Waals surface area contributed by atoms with E-state index in [1.165, 1.54) is 31.4 Å². The number of alkyl halides is 3. The third-order valence-electron chi connectivity index (χ3n) is 5.05. The van der Waals surface area contributed by atoms with Crippen molar-refractivity contribution in [2.75, 3.05) is 20.3 Å². The molecule has 2 aromatic rings. The fraction of sp³-hybridized carbons (Fsp3) is 0.292. The molecule has 0 spiro atoms. The Morgan fingerprint density at radius 1 is 1.09 bits per heavy atom. The van der Waals surface area contributed by atoms with Crippen LogP contribution in [0.1, 0.15) is 24.0 Å². The molecule has 4 rings (SSSR count). The molecule has 32 heavy (non-hydrogen) atoms. The van der Waals surface area contributed by atoms with Crippen molar-refractivity contribution in [3.05, 3.63) is 65.4 Å². The van der Waals surface area contributed by atoms with E-state index in [0.29, 0.717) is 35.3 Å². The molecule has 0 saturated heterocycles. The van der Waals surface area contributed by atoms with Crippen molar-refractivity contribution in [2.24, 2.45) is 10.9 Å². The molecule has 0 N–H and O–H groups in total. The first-order chi connectivity index (χ1) is 15.4. The SMILES string of the molecule is COc1cccc(/C=C/C2=C(c3ccc(OC(F)(F)F)cc3)COC=N2)c1OCC1CC1. The summed E-state index contributed by atoms with van der Waals surface area (Å²) in [5.74, 6) is 1.63. The maximum atomic E-state index is 12.4. The summed E-state index contributed by atoms with van der Waals surface area (Å²) in [5, 5.41) is 0. The highest BCUT2D eigenvalue weighted by Crippen LogP contribution is 2.36. The lowest BCUT2D eigenvalue weighted by Gasteiger charge is -2.16. The Balaban J connectivity index is 1.60. The largest absolute Gasteiger partial charge is 0.573 e. The first-order valence-corrected chi connectivity index (χ1v) is 10.1. The molecule has 1 heterocycles. The molecule has 2 aliphatic rings. The van der Waals surface area contributed by atoms with E-state index < -0.39 is 6.36 Å². The number of nitrogens with zero attached hydrogens (tertiary/aromatic N) is 1. The molecule has 168 valence electrons. The minimum atomic E-state index is -4.73. The number of hydrogen-bond acceptors (Lipinski definition) is 5. The number of halogens is 3. The number of ether oxygens (including phenoxy) is 4. The van der Waals surface area contributed by atoms with E-state index in [0.717, 1.165) is 11.1 Å². The lowest BCUT2D eigenvalue weighted by atomic mass is 10.0. The Bertz CT molecular complexity index is 1040. The standard InChI is InChI=1S/C24H22F3NO4/c1-29-22-4-2-3-18(23(22)31-13-16-5-6-16)9-12-21-20(14-30-15-28-21)17-7-10-19(11-8-17)32-24(25,26)27/h2-4,7-12,15-16H,5-6,13-14H2,1H3/b12-9+. The minimum absolute atomic E-state index is 0.242. The van der Waals surface area contributed by atoms with Crippen LogP contribution in [0, 0.1) is 5.92 Å². The Labute approximate surface area is 183 Å². The van der Waals surface area contributed by atoms with Crippen molar-refractivity contribution in [1.82, 2.24) is 0 Å². The highest BCUT2D eigenvalue weighted by atomic mass is 19.4. The molecular formula is C24H22F3NO4. The Morgan fingerprint density at radius 3 is 2.56 bits per heavy atom. The monoisotopic (exact) mass is 445 g/mol. The summed E-state index contributed by atoms with van der Waals surface area (Å²) in [6.07, 6.45) is 2.68. The van der Waals surface area contributed by atoms with Crippen LogP contribution in [0.2, 0.25) is 0 Å². The molecule has 1 saturated carbocycles. The molecule has 5 nitrogen and oxygen atoms in total. The Kier molecular flexibility index (Phi) is 6.39. The molecule has 0 aromatic heterocycles. The van der Waals surface area contributed by atoms with Gasteiger partial charge >= 0.3 is 6.36 Å². The van der Waals surface area contributed by atoms with Gasteiger partial charge in [-0.3, -0.25) is 0 Å². The van der Waals surface area contributed by atoms with Crippen LogP contribution in [-0.4, -0.2) is 33.1 Å². The fourth-order valence-electron chi connectivity index (χ4n) is 3.23. The van der Waals surface area contributed by atoms with Crippen molar-refractivity contribution in [2.45, 2.75) is 19.2 Å². The van der Waals surface area contributed by atoms with Crippen molar-refractivity contribution < 1.29 is 32.1 Å². The van der Waals surface area contributed by atoms with Crippen LogP contribution >= 0.6 is 0 Å². The third kappa shape index (κ3) is 5.63. The van der Waals surface area contributed by atoms with E-state index in [2.05, 4.69) is 9.73 Å². The number of para-hydroxylation sites is 1. The second-order valence-corrected chi connectivity index (χ2v) is 7.45. The number of hydrogen-bond donors (Lipinski definition) is 0. The highest BCUT2D eigenvalue weighted by molar-refractivity contribution is 5.78. The lowest BCUT2D eigenvalue weighted by Crippen LogP contribution is -2.17. The third-order valence-corrected chi connectivity index (χ3v) is 5.05. The lowest BCUT2D eigenvalue weighted by molar-refractivity contribution is -0.274. The van der Waals surface area contributed by atoms with Gasteiger partial charge in [-0.25, -0.2) is 4.99 Å². The molecule has 0 unspecified atom stereocenters. The van der Waals surface area contributed by atoms with Crippen molar-refractivity contribution in [3.8, 4) is 17.2 Å². The molecular weight excluding hydrogens is 423 g/mol. The molecule has 2 aromatic carbocycles. The van der Waals surface area contributed by atoms with Crippen molar-refractivity contribution in [3.63, 3.8) is 0 Å². The van der Waals surface area contributed by atoms with E-state index in [1.807, 2.05) is 30.4 Å². The Hall–Kier alpha value is -3.42. The maximum Gasteiger partial charge on any atom is 0.573 e. The average Bonchev–Trinajstić information content (AvgIpc) is 3.60. The van der Waals surface area contributed by atoms with Crippen LogP contribution in [0.5, 0.6) is 17.2 Å². The quantitative estimate of drug-likeness (QED) is 0.510. The smallest absolute Gasteiger partial charge is 0.493 e. The zero-order chi connectivity index (χ0) is 22.6. The highest BCUT2D eigenvalue weighted by Gasteiger charge is 2.31. The summed E-state index contributed by atoms with van der Waals surface area (Å²) in [6, 6.07) is 11.3. The van der Waals surface area contributed by atoms with Crippen LogP contribution in [0.3, 0.4) is 0 Å². The van der Waals surface area contributed by atoms with Gasteiger partial charge in [0.05, 0.1) is 19.4 Å². The van der Waals surface area contributed by atoms with Gasteiger partial charge in [-0.15, -0.1) is 13.2 Å². The first-order valence-electron chi connectivity index (χ1n) is 10.1. The zero-order valence-corrected chi connectivity index (χ0v) is 17.4. The molecule has 1 aliphatic carbocycles. The van der Waals surface area contributed by atoms with Crippen LogP contribution in [0.4, 0.5) is 13.2 Å². The Morgan fingerprint density at radius 2 is 1.88 bits per heavy atom. The molecule has 0 amide bonds. The normalized spacial score (nSPS) is 16.2. The second-order valence-electron chi connectivity index (χ2n) is 7.45. The number of methoxy groups -OCH3 is 1. The summed E-state index contributed by atoms with van der Waals surface area (Å²) in [4.78, 5) is 4.30. The zero-order valence-electron chi connectivity index (χ0n) is 17.4.